The molecule has 1 fully saturated rings. The third kappa shape index (κ3) is 3.03. The fraction of sp³-hybridized carbons (Fsp3) is 0.125. The highest BCUT2D eigenvalue weighted by Crippen LogP contribution is 2.33. The summed E-state index contributed by atoms with van der Waals surface area (Å²) in [5.41, 5.74) is 1.82. The minimum absolute atomic E-state index is 0.228. The van der Waals surface area contributed by atoms with E-state index in [9.17, 15) is 9.59 Å². The molecule has 22 heavy (non-hydrogen) atoms. The van der Waals surface area contributed by atoms with Gasteiger partial charge in [0.15, 0.2) is 0 Å². The molecule has 0 bridgehead atoms. The topological polar surface area (TPSA) is 42.3 Å². The highest BCUT2D eigenvalue weighted by Gasteiger charge is 2.35. The summed E-state index contributed by atoms with van der Waals surface area (Å²) in [6, 6.07) is 11.4. The summed E-state index contributed by atoms with van der Waals surface area (Å²) in [6.07, 6.45) is 3.66. The Morgan fingerprint density at radius 2 is 1.91 bits per heavy atom. The predicted octanol–water partition coefficient (Wildman–Crippen LogP) is 4.02. The van der Waals surface area contributed by atoms with Crippen LogP contribution >= 0.6 is 27.7 Å². The van der Waals surface area contributed by atoms with E-state index < -0.39 is 0 Å². The van der Waals surface area contributed by atoms with Crippen molar-refractivity contribution in [2.75, 3.05) is 0 Å². The van der Waals surface area contributed by atoms with E-state index >= 15 is 0 Å². The number of amides is 2. The molecule has 0 saturated carbocycles. The van der Waals surface area contributed by atoms with Crippen LogP contribution in [0.2, 0.25) is 0 Å². The second kappa shape index (κ2) is 6.14. The molecule has 0 unspecified atom stereocenters. The molecule has 0 aliphatic carbocycles. The van der Waals surface area contributed by atoms with Crippen LogP contribution in [0.5, 0.6) is 0 Å². The van der Waals surface area contributed by atoms with Crippen LogP contribution in [0.15, 0.2) is 52.0 Å². The van der Waals surface area contributed by atoms with E-state index in [1.165, 1.54) is 4.90 Å². The molecule has 1 saturated heterocycles. The van der Waals surface area contributed by atoms with Gasteiger partial charge in [-0.25, -0.2) is 0 Å². The van der Waals surface area contributed by atoms with Gasteiger partial charge in [-0.05, 0) is 47.7 Å². The summed E-state index contributed by atoms with van der Waals surface area (Å²) >= 11 is 4.36. The monoisotopic (exact) mass is 376 g/mol. The number of halogens is 1. The Balaban J connectivity index is 1.81. The first-order chi connectivity index (χ1) is 10.5. The number of thioether (sulfide) groups is 1. The first-order valence-corrected chi connectivity index (χ1v) is 8.27. The number of aromatic nitrogens is 1. The zero-order valence-electron chi connectivity index (χ0n) is 11.8. The Labute approximate surface area is 140 Å². The zero-order chi connectivity index (χ0) is 15.7. The number of aryl methyl sites for hydroxylation is 1. The standard InChI is InChI=1S/C16H13BrN2O2S/c1-18-8-2-3-13(18)9-14-15(20)19(16(21)22-14)10-11-4-6-12(17)7-5-11/h2-9H,10H2,1H3/b14-9-. The van der Waals surface area contributed by atoms with Crippen molar-refractivity contribution in [3.63, 3.8) is 0 Å². The van der Waals surface area contributed by atoms with E-state index in [2.05, 4.69) is 15.9 Å². The maximum absolute atomic E-state index is 12.4. The molecular weight excluding hydrogens is 364 g/mol. The molecule has 3 rings (SSSR count). The summed E-state index contributed by atoms with van der Waals surface area (Å²) < 4.78 is 2.87. The number of carbonyl (C=O) groups is 2. The number of nitrogens with zero attached hydrogens (tertiary/aromatic N) is 2. The van der Waals surface area contributed by atoms with Crippen LogP contribution in [0.4, 0.5) is 4.79 Å². The van der Waals surface area contributed by atoms with Crippen LogP contribution in [-0.2, 0) is 18.4 Å². The largest absolute Gasteiger partial charge is 0.351 e. The van der Waals surface area contributed by atoms with Crippen molar-refractivity contribution in [1.82, 2.24) is 9.47 Å². The number of imide groups is 1. The Hall–Kier alpha value is -1.79. The van der Waals surface area contributed by atoms with Gasteiger partial charge in [0.2, 0.25) is 0 Å². The summed E-state index contributed by atoms with van der Waals surface area (Å²) in [6.45, 7) is 0.294. The number of benzene rings is 1. The molecule has 4 nitrogen and oxygen atoms in total. The summed E-state index contributed by atoms with van der Waals surface area (Å²) in [5, 5.41) is -0.228. The highest BCUT2D eigenvalue weighted by molar-refractivity contribution is 9.10. The van der Waals surface area contributed by atoms with Crippen LogP contribution in [-0.4, -0.2) is 20.6 Å². The molecule has 1 aromatic heterocycles. The minimum Gasteiger partial charge on any atom is -0.351 e. The Morgan fingerprint density at radius 1 is 1.18 bits per heavy atom. The second-order valence-electron chi connectivity index (χ2n) is 4.94. The normalized spacial score (nSPS) is 16.8. The molecule has 1 aromatic carbocycles. The van der Waals surface area contributed by atoms with Crippen molar-refractivity contribution in [3.05, 3.63) is 63.2 Å². The molecule has 2 aromatic rings. The molecule has 0 atom stereocenters. The molecule has 0 spiro atoms. The van der Waals surface area contributed by atoms with Crippen molar-refractivity contribution < 1.29 is 9.59 Å². The summed E-state index contributed by atoms with van der Waals surface area (Å²) in [5.74, 6) is -0.237. The quantitative estimate of drug-likeness (QED) is 0.759. The average molecular weight is 377 g/mol. The van der Waals surface area contributed by atoms with Gasteiger partial charge < -0.3 is 4.57 Å². The van der Waals surface area contributed by atoms with Crippen LogP contribution in [0, 0.1) is 0 Å². The van der Waals surface area contributed by atoms with Gasteiger partial charge in [0.05, 0.1) is 11.4 Å². The van der Waals surface area contributed by atoms with Crippen LogP contribution in [0.25, 0.3) is 6.08 Å². The van der Waals surface area contributed by atoms with E-state index in [4.69, 9.17) is 0 Å². The zero-order valence-corrected chi connectivity index (χ0v) is 14.2. The Bertz CT molecular complexity index is 765. The molecule has 112 valence electrons. The molecule has 2 amide bonds. The predicted molar refractivity (Wildman–Crippen MR) is 91.1 cm³/mol. The van der Waals surface area contributed by atoms with Crippen molar-refractivity contribution >= 4 is 44.9 Å². The Morgan fingerprint density at radius 3 is 2.55 bits per heavy atom. The highest BCUT2D eigenvalue weighted by atomic mass is 79.9. The van der Waals surface area contributed by atoms with Gasteiger partial charge in [-0.15, -0.1) is 0 Å². The second-order valence-corrected chi connectivity index (χ2v) is 6.85. The molecule has 1 aliphatic heterocycles. The van der Waals surface area contributed by atoms with Crippen LogP contribution in [0.3, 0.4) is 0 Å². The maximum Gasteiger partial charge on any atom is 0.293 e. The molecular formula is C16H13BrN2O2S. The van der Waals surface area contributed by atoms with Gasteiger partial charge >= 0.3 is 0 Å². The van der Waals surface area contributed by atoms with Crippen molar-refractivity contribution in [1.29, 1.82) is 0 Å². The molecule has 0 N–H and O–H groups in total. The first-order valence-electron chi connectivity index (χ1n) is 6.66. The van der Waals surface area contributed by atoms with E-state index in [1.54, 1.807) is 6.08 Å². The number of hydrogen-bond donors (Lipinski definition) is 0. The lowest BCUT2D eigenvalue weighted by molar-refractivity contribution is -0.123. The Kier molecular flexibility index (Phi) is 4.22. The molecule has 2 heterocycles. The summed E-state index contributed by atoms with van der Waals surface area (Å²) in [7, 11) is 1.90. The summed E-state index contributed by atoms with van der Waals surface area (Å²) in [4.78, 5) is 26.3. The number of rotatable bonds is 3. The van der Waals surface area contributed by atoms with E-state index in [-0.39, 0.29) is 11.1 Å². The lowest BCUT2D eigenvalue weighted by Crippen LogP contribution is -2.27. The SMILES string of the molecule is Cn1cccc1/C=C1\SC(=O)N(Cc2ccc(Br)cc2)C1=O. The number of carbonyl (C=O) groups excluding carboxylic acids is 2. The molecule has 6 heteroatoms. The van der Waals surface area contributed by atoms with Crippen LogP contribution in [0.1, 0.15) is 11.3 Å². The first kappa shape index (κ1) is 15.1. The van der Waals surface area contributed by atoms with Crippen molar-refractivity contribution in [2.24, 2.45) is 7.05 Å². The molecule has 1 aliphatic rings. The maximum atomic E-state index is 12.4. The minimum atomic E-state index is -0.237. The van der Waals surface area contributed by atoms with Gasteiger partial charge in [0.1, 0.15) is 0 Å². The lowest BCUT2D eigenvalue weighted by Gasteiger charge is -2.12. The number of hydrogen-bond acceptors (Lipinski definition) is 3. The van der Waals surface area contributed by atoms with Gasteiger partial charge in [0.25, 0.3) is 11.1 Å². The van der Waals surface area contributed by atoms with Crippen LogP contribution < -0.4 is 0 Å². The average Bonchev–Trinajstić information content (AvgIpc) is 3.00. The van der Waals surface area contributed by atoms with Crippen molar-refractivity contribution in [2.45, 2.75) is 6.54 Å². The fourth-order valence-electron chi connectivity index (χ4n) is 2.17. The van der Waals surface area contributed by atoms with E-state index in [0.29, 0.717) is 11.4 Å². The van der Waals surface area contributed by atoms with E-state index in [0.717, 1.165) is 27.5 Å². The lowest BCUT2D eigenvalue weighted by atomic mass is 10.2. The third-order valence-electron chi connectivity index (χ3n) is 3.39. The molecule has 0 radical (unpaired) electrons. The van der Waals surface area contributed by atoms with E-state index in [1.807, 2.05) is 54.2 Å². The van der Waals surface area contributed by atoms with Gasteiger partial charge in [-0.2, -0.15) is 0 Å². The third-order valence-corrected chi connectivity index (χ3v) is 4.83. The van der Waals surface area contributed by atoms with Gasteiger partial charge in [-0.3, -0.25) is 14.5 Å². The van der Waals surface area contributed by atoms with Gasteiger partial charge in [0, 0.05) is 23.4 Å². The van der Waals surface area contributed by atoms with Crippen molar-refractivity contribution in [3.8, 4) is 0 Å². The van der Waals surface area contributed by atoms with Gasteiger partial charge in [-0.1, -0.05) is 28.1 Å². The fourth-order valence-corrected chi connectivity index (χ4v) is 3.25. The smallest absolute Gasteiger partial charge is 0.293 e.